The van der Waals surface area contributed by atoms with E-state index < -0.39 is 22.0 Å². The van der Waals surface area contributed by atoms with Crippen molar-refractivity contribution >= 4 is 28.3 Å². The van der Waals surface area contributed by atoms with E-state index in [0.29, 0.717) is 5.92 Å². The fourth-order valence-electron chi connectivity index (χ4n) is 2.45. The van der Waals surface area contributed by atoms with Gasteiger partial charge in [0, 0.05) is 25.8 Å². The molecule has 0 aliphatic rings. The van der Waals surface area contributed by atoms with Crippen molar-refractivity contribution in [3.05, 3.63) is 53.3 Å². The Hall–Kier alpha value is -1.87. The van der Waals surface area contributed by atoms with Gasteiger partial charge in [0.25, 0.3) is 5.91 Å². The van der Waals surface area contributed by atoms with E-state index in [-0.39, 0.29) is 29.5 Å². The van der Waals surface area contributed by atoms with Crippen LogP contribution in [0.4, 0.5) is 0 Å². The number of aryl methyl sites for hydroxylation is 1. The molecule has 0 aliphatic heterocycles. The van der Waals surface area contributed by atoms with Crippen LogP contribution in [0, 0.1) is 0 Å². The summed E-state index contributed by atoms with van der Waals surface area (Å²) in [6.07, 6.45) is 1.34. The Morgan fingerprint density at radius 1 is 1.19 bits per heavy atom. The van der Waals surface area contributed by atoms with Crippen LogP contribution in [0.15, 0.2) is 41.4 Å². The predicted molar refractivity (Wildman–Crippen MR) is 104 cm³/mol. The van der Waals surface area contributed by atoms with E-state index >= 15 is 0 Å². The number of halogens is 1. The topological polar surface area (TPSA) is 120 Å². The summed E-state index contributed by atoms with van der Waals surface area (Å²) in [5.74, 6) is -0.271. The van der Waals surface area contributed by atoms with Crippen molar-refractivity contribution < 1.29 is 13.2 Å². The lowest BCUT2D eigenvalue weighted by atomic mass is 9.99. The minimum atomic E-state index is -3.78. The fourth-order valence-corrected chi connectivity index (χ4v) is 3.58. The van der Waals surface area contributed by atoms with E-state index in [1.807, 2.05) is 24.3 Å². The second-order valence-electron chi connectivity index (χ2n) is 6.32. The normalized spacial score (nSPS) is 12.7. The van der Waals surface area contributed by atoms with Gasteiger partial charge in [0.1, 0.15) is 10.6 Å². The van der Waals surface area contributed by atoms with Gasteiger partial charge in [-0.15, -0.1) is 12.4 Å². The van der Waals surface area contributed by atoms with Crippen molar-refractivity contribution in [1.82, 2.24) is 9.29 Å². The zero-order valence-electron chi connectivity index (χ0n) is 15.0. The molecule has 1 atom stereocenters. The van der Waals surface area contributed by atoms with Gasteiger partial charge in [-0.1, -0.05) is 38.1 Å². The second-order valence-corrected chi connectivity index (χ2v) is 8.08. The molecule has 5 N–H and O–H groups in total. The number of primary amides is 1. The number of rotatable bonds is 7. The van der Waals surface area contributed by atoms with Gasteiger partial charge in [0.2, 0.25) is 10.0 Å². The van der Waals surface area contributed by atoms with Gasteiger partial charge in [0.15, 0.2) is 0 Å². The molecule has 1 aromatic heterocycles. The van der Waals surface area contributed by atoms with Crippen molar-refractivity contribution in [2.24, 2.45) is 18.5 Å². The Balaban J connectivity index is 0.00000338. The van der Waals surface area contributed by atoms with Crippen molar-refractivity contribution in [1.29, 1.82) is 0 Å². The van der Waals surface area contributed by atoms with Crippen molar-refractivity contribution in [2.75, 3.05) is 6.54 Å². The molecular weight excluding hydrogens is 376 g/mol. The summed E-state index contributed by atoms with van der Waals surface area (Å²) in [7, 11) is -2.22. The maximum Gasteiger partial charge on any atom is 0.265 e. The SMILES string of the molecule is CC(C)c1ccc(C(N)CNS(=O)(=O)c2cc(C(N)=O)n(C)c2)cc1.Cl. The number of carbonyl (C=O) groups excluding carboxylic acids is 1. The highest BCUT2D eigenvalue weighted by atomic mass is 35.5. The summed E-state index contributed by atoms with van der Waals surface area (Å²) in [6, 6.07) is 8.56. The first-order valence-corrected chi connectivity index (χ1v) is 9.41. The van der Waals surface area contributed by atoms with Crippen LogP contribution in [0.25, 0.3) is 0 Å². The summed E-state index contributed by atoms with van der Waals surface area (Å²) in [6.45, 7) is 4.25. The minimum Gasteiger partial charge on any atom is -0.364 e. The maximum atomic E-state index is 12.4. The van der Waals surface area contributed by atoms with Crippen LogP contribution in [-0.4, -0.2) is 25.4 Å². The molecule has 0 aliphatic carbocycles. The average molecular weight is 401 g/mol. The first-order valence-electron chi connectivity index (χ1n) is 7.93. The van der Waals surface area contributed by atoms with Crippen LogP contribution in [0.3, 0.4) is 0 Å². The van der Waals surface area contributed by atoms with Gasteiger partial charge in [-0.25, -0.2) is 13.1 Å². The third-order valence-corrected chi connectivity index (χ3v) is 5.46. The van der Waals surface area contributed by atoms with Crippen molar-refractivity contribution in [3.8, 4) is 0 Å². The zero-order valence-corrected chi connectivity index (χ0v) is 16.6. The molecule has 2 rings (SSSR count). The van der Waals surface area contributed by atoms with E-state index in [4.69, 9.17) is 11.5 Å². The van der Waals surface area contributed by atoms with Crippen LogP contribution >= 0.6 is 12.4 Å². The Kier molecular flexibility index (Phi) is 7.40. The molecular formula is C17H25ClN4O3S. The molecule has 1 heterocycles. The Morgan fingerprint density at radius 2 is 1.73 bits per heavy atom. The number of aromatic nitrogens is 1. The summed E-state index contributed by atoms with van der Waals surface area (Å²) in [5, 5.41) is 0. The molecule has 9 heteroatoms. The molecule has 0 spiro atoms. The molecule has 144 valence electrons. The van der Waals surface area contributed by atoms with Crippen LogP contribution in [0.1, 0.15) is 47.4 Å². The number of hydrogen-bond donors (Lipinski definition) is 3. The molecule has 0 saturated carbocycles. The van der Waals surface area contributed by atoms with E-state index in [1.165, 1.54) is 22.4 Å². The molecule has 26 heavy (non-hydrogen) atoms. The highest BCUT2D eigenvalue weighted by Gasteiger charge is 2.20. The van der Waals surface area contributed by atoms with Crippen LogP contribution in [-0.2, 0) is 17.1 Å². The Bertz CT molecular complexity index is 861. The number of carbonyl (C=O) groups is 1. The number of nitrogens with one attached hydrogen (secondary N) is 1. The van der Waals surface area contributed by atoms with Crippen LogP contribution < -0.4 is 16.2 Å². The van der Waals surface area contributed by atoms with Gasteiger partial charge in [-0.3, -0.25) is 4.79 Å². The minimum absolute atomic E-state index is 0. The Morgan fingerprint density at radius 3 is 2.19 bits per heavy atom. The number of sulfonamides is 1. The largest absolute Gasteiger partial charge is 0.364 e. The van der Waals surface area contributed by atoms with E-state index in [9.17, 15) is 13.2 Å². The molecule has 0 saturated heterocycles. The quantitative estimate of drug-likeness (QED) is 0.654. The first-order chi connectivity index (χ1) is 11.6. The summed E-state index contributed by atoms with van der Waals surface area (Å²) in [4.78, 5) is 11.2. The van der Waals surface area contributed by atoms with Crippen molar-refractivity contribution in [3.63, 3.8) is 0 Å². The van der Waals surface area contributed by atoms with E-state index in [1.54, 1.807) is 7.05 Å². The Labute approximate surface area is 160 Å². The van der Waals surface area contributed by atoms with Crippen LogP contribution in [0.5, 0.6) is 0 Å². The average Bonchev–Trinajstić information content (AvgIpc) is 2.96. The van der Waals surface area contributed by atoms with Crippen LogP contribution in [0.2, 0.25) is 0 Å². The van der Waals surface area contributed by atoms with E-state index in [0.717, 1.165) is 5.56 Å². The molecule has 0 bridgehead atoms. The number of amides is 1. The number of nitrogens with two attached hydrogens (primary N) is 2. The van der Waals surface area contributed by atoms with Gasteiger partial charge < -0.3 is 16.0 Å². The van der Waals surface area contributed by atoms with Gasteiger partial charge >= 0.3 is 0 Å². The molecule has 1 amide bonds. The summed E-state index contributed by atoms with van der Waals surface area (Å²) >= 11 is 0. The molecule has 7 nitrogen and oxygen atoms in total. The first kappa shape index (κ1) is 22.2. The molecule has 0 radical (unpaired) electrons. The van der Waals surface area contributed by atoms with E-state index in [2.05, 4.69) is 18.6 Å². The lowest BCUT2D eigenvalue weighted by Gasteiger charge is -2.14. The van der Waals surface area contributed by atoms with Gasteiger partial charge in [-0.2, -0.15) is 0 Å². The van der Waals surface area contributed by atoms with Gasteiger partial charge in [-0.05, 0) is 23.1 Å². The lowest BCUT2D eigenvalue weighted by molar-refractivity contribution is 0.0992. The molecule has 0 fully saturated rings. The zero-order chi connectivity index (χ0) is 18.8. The predicted octanol–water partition coefficient (Wildman–Crippen LogP) is 1.65. The fraction of sp³-hybridized carbons (Fsp3) is 0.353. The summed E-state index contributed by atoms with van der Waals surface area (Å²) in [5.41, 5.74) is 13.5. The molecule has 2 aromatic rings. The highest BCUT2D eigenvalue weighted by molar-refractivity contribution is 7.89. The number of hydrogen-bond acceptors (Lipinski definition) is 4. The highest BCUT2D eigenvalue weighted by Crippen LogP contribution is 2.18. The smallest absolute Gasteiger partial charge is 0.265 e. The van der Waals surface area contributed by atoms with Crippen molar-refractivity contribution in [2.45, 2.75) is 30.7 Å². The molecule has 1 aromatic carbocycles. The molecule has 1 unspecified atom stereocenters. The number of nitrogens with zero attached hydrogens (tertiary/aromatic N) is 1. The third kappa shape index (κ3) is 5.07. The number of benzene rings is 1. The second kappa shape index (κ2) is 8.68. The standard InChI is InChI=1S/C17H24N4O3S.ClH/c1-11(2)12-4-6-13(7-5-12)15(18)9-20-25(23,24)14-8-16(17(19)22)21(3)10-14;/h4-8,10-11,15,20H,9,18H2,1-3H3,(H2,19,22);1H. The third-order valence-electron chi connectivity index (χ3n) is 4.07. The lowest BCUT2D eigenvalue weighted by Crippen LogP contribution is -2.31. The van der Waals surface area contributed by atoms with Gasteiger partial charge in [0.05, 0.1) is 0 Å². The maximum absolute atomic E-state index is 12.4. The monoisotopic (exact) mass is 400 g/mol. The summed E-state index contributed by atoms with van der Waals surface area (Å²) < 4.78 is 28.6.